The number of carbonyl (C=O) groups excluding carboxylic acids is 1. The fourth-order valence-corrected chi connectivity index (χ4v) is 5.98. The van der Waals surface area contributed by atoms with Crippen LogP contribution in [0.4, 0.5) is 0 Å². The van der Waals surface area contributed by atoms with E-state index in [4.69, 9.17) is 9.47 Å². The van der Waals surface area contributed by atoms with Gasteiger partial charge in [-0.15, -0.1) is 0 Å². The average molecular weight is 436 g/mol. The van der Waals surface area contributed by atoms with Crippen molar-refractivity contribution in [3.63, 3.8) is 0 Å². The van der Waals surface area contributed by atoms with Crippen LogP contribution in [0.2, 0.25) is 0 Å². The van der Waals surface area contributed by atoms with Crippen molar-refractivity contribution >= 4 is 5.97 Å². The number of hydrogen-bond donors (Lipinski definition) is 0. The van der Waals surface area contributed by atoms with Gasteiger partial charge >= 0.3 is 5.97 Å². The Morgan fingerprint density at radius 3 is 2.44 bits per heavy atom. The molecule has 4 heteroatoms. The summed E-state index contributed by atoms with van der Waals surface area (Å²) in [4.78, 5) is 14.2. The summed E-state index contributed by atoms with van der Waals surface area (Å²) in [5, 5.41) is 0. The second kappa shape index (κ2) is 10.5. The van der Waals surface area contributed by atoms with Crippen LogP contribution >= 0.6 is 0 Å². The predicted molar refractivity (Wildman–Crippen MR) is 128 cm³/mol. The summed E-state index contributed by atoms with van der Waals surface area (Å²) in [7, 11) is 1.72. The fourth-order valence-electron chi connectivity index (χ4n) is 5.98. The Balaban J connectivity index is 1.47. The van der Waals surface area contributed by atoms with Gasteiger partial charge in [0.1, 0.15) is 5.75 Å². The lowest BCUT2D eigenvalue weighted by molar-refractivity contribution is -0.144. The van der Waals surface area contributed by atoms with Crippen molar-refractivity contribution in [2.45, 2.75) is 58.0 Å². The van der Waals surface area contributed by atoms with Gasteiger partial charge in [0, 0.05) is 31.5 Å². The molecule has 1 heterocycles. The number of carbonyl (C=O) groups is 1. The maximum atomic E-state index is 11.5. The van der Waals surface area contributed by atoms with Crippen LogP contribution in [-0.2, 0) is 16.0 Å². The molecule has 0 bridgehead atoms. The fraction of sp³-hybridized carbons (Fsp3) is 0.536. The van der Waals surface area contributed by atoms with Gasteiger partial charge < -0.3 is 9.47 Å². The Bertz CT molecular complexity index is 866. The molecule has 0 N–H and O–H groups in total. The largest absolute Gasteiger partial charge is 0.497 e. The number of rotatable bonds is 7. The van der Waals surface area contributed by atoms with Gasteiger partial charge in [-0.1, -0.05) is 42.5 Å². The monoisotopic (exact) mass is 435 g/mol. The van der Waals surface area contributed by atoms with Gasteiger partial charge in [-0.2, -0.15) is 0 Å². The number of nitrogens with zero attached hydrogens (tertiary/aromatic N) is 1. The summed E-state index contributed by atoms with van der Waals surface area (Å²) in [6, 6.07) is 20.4. The van der Waals surface area contributed by atoms with Crippen LogP contribution in [0.1, 0.15) is 56.7 Å². The van der Waals surface area contributed by atoms with E-state index in [2.05, 4.69) is 66.4 Å². The zero-order valence-corrected chi connectivity index (χ0v) is 19.7. The Morgan fingerprint density at radius 1 is 1.03 bits per heavy atom. The average Bonchev–Trinajstić information content (AvgIpc) is 2.82. The lowest BCUT2D eigenvalue weighted by atomic mass is 9.69. The third-order valence-electron chi connectivity index (χ3n) is 7.57. The first-order valence-electron chi connectivity index (χ1n) is 12.1. The number of benzene rings is 2. The molecule has 1 aliphatic heterocycles. The maximum absolute atomic E-state index is 11.5. The molecule has 1 aliphatic carbocycles. The van der Waals surface area contributed by atoms with Gasteiger partial charge in [0.25, 0.3) is 0 Å². The third-order valence-corrected chi connectivity index (χ3v) is 7.57. The summed E-state index contributed by atoms with van der Waals surface area (Å²) in [5.41, 5.74) is 2.77. The molecular formula is C28H37NO3. The standard InChI is InChI=1S/C28H37NO3/c1-20(25-7-5-4-6-8-25)29-18-24(19-32-21(2)30)17-26-16-23(11-14-28(26)29)15-22-9-12-27(31-3)13-10-22/h4-10,12-13,20,23-24,26,28H,11,14-19H2,1-3H3/t20?,23-,24+,26+,28+/m0/s1. The molecule has 2 aliphatic rings. The third kappa shape index (κ3) is 5.53. The minimum absolute atomic E-state index is 0.171. The van der Waals surface area contributed by atoms with E-state index in [0.29, 0.717) is 36.4 Å². The Morgan fingerprint density at radius 2 is 1.75 bits per heavy atom. The molecule has 1 saturated heterocycles. The maximum Gasteiger partial charge on any atom is 0.302 e. The second-order valence-corrected chi connectivity index (χ2v) is 9.75. The molecule has 0 amide bonds. The zero-order valence-electron chi connectivity index (χ0n) is 19.7. The van der Waals surface area contributed by atoms with E-state index in [1.165, 1.54) is 37.3 Å². The molecule has 4 nitrogen and oxygen atoms in total. The van der Waals surface area contributed by atoms with Crippen molar-refractivity contribution in [1.82, 2.24) is 4.90 Å². The summed E-state index contributed by atoms with van der Waals surface area (Å²) in [6.45, 7) is 5.40. The molecule has 2 fully saturated rings. The minimum Gasteiger partial charge on any atom is -0.497 e. The number of esters is 1. The normalized spacial score (nSPS) is 26.7. The highest BCUT2D eigenvalue weighted by molar-refractivity contribution is 5.65. The van der Waals surface area contributed by atoms with Crippen LogP contribution in [0.15, 0.2) is 54.6 Å². The van der Waals surface area contributed by atoms with E-state index in [1.54, 1.807) is 7.11 Å². The number of fused-ring (bicyclic) bond motifs is 1. The molecule has 5 atom stereocenters. The molecule has 0 spiro atoms. The summed E-state index contributed by atoms with van der Waals surface area (Å²) >= 11 is 0. The summed E-state index contributed by atoms with van der Waals surface area (Å²) in [6.07, 6.45) is 6.08. The molecule has 0 radical (unpaired) electrons. The lowest BCUT2D eigenvalue weighted by Crippen LogP contribution is -2.52. The van der Waals surface area contributed by atoms with Crippen LogP contribution in [0, 0.1) is 17.8 Å². The van der Waals surface area contributed by atoms with Crippen LogP contribution in [-0.4, -0.2) is 37.2 Å². The first kappa shape index (κ1) is 22.8. The van der Waals surface area contributed by atoms with Crippen molar-refractivity contribution in [2.75, 3.05) is 20.3 Å². The first-order valence-corrected chi connectivity index (χ1v) is 12.1. The number of piperidine rings is 1. The lowest BCUT2D eigenvalue weighted by Gasteiger charge is -2.51. The van der Waals surface area contributed by atoms with Gasteiger partial charge in [0.05, 0.1) is 13.7 Å². The van der Waals surface area contributed by atoms with Crippen molar-refractivity contribution < 1.29 is 14.3 Å². The van der Waals surface area contributed by atoms with Crippen LogP contribution in [0.25, 0.3) is 0 Å². The topological polar surface area (TPSA) is 38.8 Å². The Kier molecular flexibility index (Phi) is 7.51. The van der Waals surface area contributed by atoms with Crippen molar-refractivity contribution in [3.05, 3.63) is 65.7 Å². The molecule has 0 aromatic heterocycles. The van der Waals surface area contributed by atoms with Gasteiger partial charge in [0.15, 0.2) is 0 Å². The highest BCUT2D eigenvalue weighted by Gasteiger charge is 2.42. The van der Waals surface area contributed by atoms with E-state index in [1.807, 2.05) is 0 Å². The quantitative estimate of drug-likeness (QED) is 0.525. The van der Waals surface area contributed by atoms with Crippen LogP contribution < -0.4 is 4.74 Å². The molecule has 172 valence electrons. The summed E-state index contributed by atoms with van der Waals surface area (Å²) < 4.78 is 10.8. The van der Waals surface area contributed by atoms with Crippen LogP contribution in [0.3, 0.4) is 0 Å². The molecule has 2 aromatic carbocycles. The summed E-state index contributed by atoms with van der Waals surface area (Å²) in [5.74, 6) is 2.53. The van der Waals surface area contributed by atoms with E-state index in [-0.39, 0.29) is 5.97 Å². The Hall–Kier alpha value is -2.33. The van der Waals surface area contributed by atoms with Gasteiger partial charge in [-0.05, 0) is 74.1 Å². The predicted octanol–water partition coefficient (Wildman–Crippen LogP) is 5.67. The van der Waals surface area contributed by atoms with E-state index in [9.17, 15) is 4.79 Å². The molecular weight excluding hydrogens is 398 g/mol. The first-order chi connectivity index (χ1) is 15.5. The number of methoxy groups -OCH3 is 1. The number of likely N-dealkylation sites (tertiary alicyclic amines) is 1. The highest BCUT2D eigenvalue weighted by atomic mass is 16.5. The van der Waals surface area contributed by atoms with E-state index < -0.39 is 0 Å². The van der Waals surface area contributed by atoms with E-state index in [0.717, 1.165) is 25.1 Å². The smallest absolute Gasteiger partial charge is 0.302 e. The van der Waals surface area contributed by atoms with Crippen molar-refractivity contribution in [3.8, 4) is 5.75 Å². The van der Waals surface area contributed by atoms with Crippen molar-refractivity contribution in [2.24, 2.45) is 17.8 Å². The molecule has 1 saturated carbocycles. The Labute approximate surface area is 192 Å². The van der Waals surface area contributed by atoms with Gasteiger partial charge in [0.2, 0.25) is 0 Å². The number of hydrogen-bond acceptors (Lipinski definition) is 4. The molecule has 4 rings (SSSR count). The second-order valence-electron chi connectivity index (χ2n) is 9.75. The SMILES string of the molecule is COc1ccc(C[C@@H]2CC[C@@H]3[C@@H](C[C@@H](COC(C)=O)CN3C(C)c3ccccc3)C2)cc1. The zero-order chi connectivity index (χ0) is 22.5. The molecule has 1 unspecified atom stereocenters. The van der Waals surface area contributed by atoms with Gasteiger partial charge in [-0.3, -0.25) is 9.69 Å². The highest BCUT2D eigenvalue weighted by Crippen LogP contribution is 2.44. The number of ether oxygens (including phenoxy) is 2. The van der Waals surface area contributed by atoms with E-state index >= 15 is 0 Å². The minimum atomic E-state index is -0.171. The molecule has 32 heavy (non-hydrogen) atoms. The van der Waals surface area contributed by atoms with Gasteiger partial charge in [-0.25, -0.2) is 0 Å². The van der Waals surface area contributed by atoms with Crippen molar-refractivity contribution in [1.29, 1.82) is 0 Å². The van der Waals surface area contributed by atoms with Crippen LogP contribution in [0.5, 0.6) is 5.75 Å². The molecule has 2 aromatic rings.